The fourth-order valence-electron chi connectivity index (χ4n) is 7.17. The van der Waals surface area contributed by atoms with Crippen LogP contribution >= 0.6 is 11.8 Å². The Morgan fingerprint density at radius 1 is 0.867 bits per heavy atom. The van der Waals surface area contributed by atoms with E-state index in [-0.39, 0.29) is 49.3 Å². The first-order valence-corrected chi connectivity index (χ1v) is 25.0. The van der Waals surface area contributed by atoms with Crippen LogP contribution in [0.2, 0.25) is 0 Å². The number of imidazole rings is 1. The number of hydrogen-bond acceptors (Lipinski definition) is 21. The third kappa shape index (κ3) is 16.8. The minimum Gasteiger partial charge on any atom is -0.506 e. The first kappa shape index (κ1) is 55.3. The summed E-state index contributed by atoms with van der Waals surface area (Å²) < 4.78 is 52.1. The summed E-state index contributed by atoms with van der Waals surface area (Å²) in [6, 6.07) is 24.8. The number of esters is 1. The van der Waals surface area contributed by atoms with Gasteiger partial charge in [-0.1, -0.05) is 36.0 Å². The fraction of sp³-hybridized carbons (Fsp3) is 0.321. The van der Waals surface area contributed by atoms with Crippen molar-refractivity contribution in [2.24, 2.45) is 22.3 Å². The van der Waals surface area contributed by atoms with Gasteiger partial charge in [-0.25, -0.2) is 25.4 Å². The number of nitrogens with two attached hydrogens (primary N) is 3. The highest BCUT2D eigenvalue weighted by molar-refractivity contribution is 8.18. The first-order valence-electron chi connectivity index (χ1n) is 24.2. The number of carbonyl (C=O) groups is 1. The van der Waals surface area contributed by atoms with E-state index in [1.54, 1.807) is 67.9 Å². The predicted molar refractivity (Wildman–Crippen MR) is 286 cm³/mol. The molecule has 3 aromatic carbocycles. The smallest absolute Gasteiger partial charge is 0.345 e. The van der Waals surface area contributed by atoms with E-state index in [0.717, 1.165) is 22.8 Å². The summed E-state index contributed by atoms with van der Waals surface area (Å²) in [4.78, 5) is 35.2. The molecule has 9 N–H and O–H groups in total. The van der Waals surface area contributed by atoms with Crippen LogP contribution in [0.5, 0.6) is 17.2 Å². The maximum atomic E-state index is 12.9. The average molecular weight is 1050 g/mol. The molecule has 0 saturated heterocycles. The van der Waals surface area contributed by atoms with Gasteiger partial charge in [0.25, 0.3) is 0 Å². The van der Waals surface area contributed by atoms with Crippen molar-refractivity contribution in [3.63, 3.8) is 0 Å². The Hall–Kier alpha value is -7.41. The number of ether oxygens (including phenoxy) is 8. The van der Waals surface area contributed by atoms with Crippen LogP contribution in [0.25, 0.3) is 33.9 Å². The number of fused-ring (bicyclic) bond motifs is 2. The zero-order valence-electron chi connectivity index (χ0n) is 41.5. The number of phenols is 1. The first-order chi connectivity index (χ1) is 36.6. The summed E-state index contributed by atoms with van der Waals surface area (Å²) in [6.07, 6.45) is 6.80. The molecule has 7 rings (SSSR count). The van der Waals surface area contributed by atoms with Gasteiger partial charge in [-0.2, -0.15) is 0 Å². The molecule has 6 aromatic rings. The number of nitrogens with one attached hydrogen (secondary N) is 1. The van der Waals surface area contributed by atoms with E-state index in [1.165, 1.54) is 11.1 Å². The van der Waals surface area contributed by atoms with Crippen LogP contribution in [0.15, 0.2) is 140 Å². The highest BCUT2D eigenvalue weighted by Crippen LogP contribution is 2.41. The summed E-state index contributed by atoms with van der Waals surface area (Å²) >= 11 is 1.12. The second-order valence-electron chi connectivity index (χ2n) is 16.3. The Bertz CT molecular complexity index is 3020. The summed E-state index contributed by atoms with van der Waals surface area (Å²) in [7, 11) is 0. The van der Waals surface area contributed by atoms with Crippen molar-refractivity contribution < 1.29 is 57.3 Å². The van der Waals surface area contributed by atoms with Crippen molar-refractivity contribution in [3.8, 4) is 28.5 Å². The zero-order chi connectivity index (χ0) is 52.8. The van der Waals surface area contributed by atoms with Gasteiger partial charge >= 0.3 is 11.6 Å². The van der Waals surface area contributed by atoms with E-state index in [9.17, 15) is 19.8 Å². The Labute approximate surface area is 437 Å². The number of anilines is 1. The average Bonchev–Trinajstić information content (AvgIpc) is 3.96. The van der Waals surface area contributed by atoms with Crippen LogP contribution < -0.4 is 37.7 Å². The number of aliphatic hydroxyl groups excluding tert-OH is 1. The lowest BCUT2D eigenvalue weighted by Gasteiger charge is -2.15. The van der Waals surface area contributed by atoms with E-state index in [1.807, 2.05) is 47.0 Å². The highest BCUT2D eigenvalue weighted by atomic mass is 32.2. The van der Waals surface area contributed by atoms with E-state index < -0.39 is 11.6 Å². The molecule has 21 nitrogen and oxygen atoms in total. The van der Waals surface area contributed by atoms with E-state index in [2.05, 4.69) is 15.3 Å². The van der Waals surface area contributed by atoms with Gasteiger partial charge in [-0.15, -0.1) is 0 Å². The van der Waals surface area contributed by atoms with Crippen LogP contribution in [-0.4, -0.2) is 141 Å². The van der Waals surface area contributed by atoms with Gasteiger partial charge in [0.2, 0.25) is 0 Å². The maximum absolute atomic E-state index is 12.9. The second-order valence-corrected chi connectivity index (χ2v) is 17.4. The number of benzene rings is 3. The van der Waals surface area contributed by atoms with E-state index in [0.29, 0.717) is 134 Å². The van der Waals surface area contributed by atoms with E-state index >= 15 is 0 Å². The standard InChI is InChI=1S/C53H62N8O13S/c1-2-71-53(65)49-50(63)47(75-51(49)58-39-6-4-3-5-7-39)29-36-8-11-45(44(62)28-36)73-27-25-66-17-16-61(56)33-38(55)35-70-23-22-68-19-18-67-20-21-69-24-26-72-41-12-15-60-34-43(59-48(60)32-41)42-30-37-9-10-40(57-14-13-54)31-46(37)74-52(42)64/h3-12,15,28-34,57,62-63H,2,13-14,16-27,35,54-56H2,1H3/b38-33-,47-29-,58-51?. The molecule has 0 spiro atoms. The number of para-hydroxylation sites is 1. The second kappa shape index (κ2) is 28.9. The van der Waals surface area contributed by atoms with Crippen LogP contribution in [0.1, 0.15) is 12.5 Å². The van der Waals surface area contributed by atoms with Crippen molar-refractivity contribution in [2.75, 3.05) is 111 Å². The highest BCUT2D eigenvalue weighted by Gasteiger charge is 2.33. The quantitative estimate of drug-likeness (QED) is 0.00972. The summed E-state index contributed by atoms with van der Waals surface area (Å²) in [5.41, 5.74) is 15.5. The van der Waals surface area contributed by atoms with Gasteiger partial charge in [0.1, 0.15) is 46.6 Å². The molecule has 0 fully saturated rings. The van der Waals surface area contributed by atoms with Gasteiger partial charge in [0, 0.05) is 54.9 Å². The zero-order valence-corrected chi connectivity index (χ0v) is 42.3. The topological polar surface area (TPSA) is 285 Å². The van der Waals surface area contributed by atoms with E-state index in [4.69, 9.17) is 59.6 Å². The van der Waals surface area contributed by atoms with Gasteiger partial charge in [-0.05, 0) is 67.1 Å². The molecule has 0 unspecified atom stereocenters. The minimum atomic E-state index is -0.678. The van der Waals surface area contributed by atoms with Crippen molar-refractivity contribution in [1.29, 1.82) is 0 Å². The number of aliphatic hydroxyl groups is 1. The van der Waals surface area contributed by atoms with Crippen LogP contribution in [0, 0.1) is 0 Å². The fourth-order valence-corrected chi connectivity index (χ4v) is 8.21. The normalized spacial score (nSPS) is 13.9. The number of hydrogen-bond donors (Lipinski definition) is 6. The molecule has 0 saturated carbocycles. The van der Waals surface area contributed by atoms with Crippen LogP contribution in [0.4, 0.5) is 11.4 Å². The number of rotatable bonds is 31. The van der Waals surface area contributed by atoms with Crippen LogP contribution in [0.3, 0.4) is 0 Å². The lowest BCUT2D eigenvalue weighted by atomic mass is 10.1. The Balaban J connectivity index is 0.685. The lowest BCUT2D eigenvalue weighted by molar-refractivity contribution is -0.138. The molecule has 0 amide bonds. The van der Waals surface area contributed by atoms with Gasteiger partial charge < -0.3 is 78.7 Å². The van der Waals surface area contributed by atoms with Crippen molar-refractivity contribution >= 4 is 56.8 Å². The number of phenolic OH excluding ortho intramolecular Hbond substituents is 1. The molecule has 1 aliphatic heterocycles. The number of nitrogens with zero attached hydrogens (tertiary/aromatic N) is 4. The molecule has 0 bridgehead atoms. The number of aromatic nitrogens is 2. The molecule has 0 aliphatic carbocycles. The van der Waals surface area contributed by atoms with Crippen LogP contribution in [-0.2, 0) is 33.2 Å². The Kier molecular flexibility index (Phi) is 21.3. The number of hydrazine groups is 1. The third-order valence-electron chi connectivity index (χ3n) is 10.7. The Morgan fingerprint density at radius 2 is 1.59 bits per heavy atom. The maximum Gasteiger partial charge on any atom is 0.345 e. The molecule has 398 valence electrons. The summed E-state index contributed by atoms with van der Waals surface area (Å²) in [5, 5.41) is 27.3. The molecule has 3 aromatic heterocycles. The number of thioether (sulfide) groups is 1. The number of aliphatic imine (C=N–C) groups is 1. The van der Waals surface area contributed by atoms with Gasteiger partial charge in [0.15, 0.2) is 11.5 Å². The van der Waals surface area contributed by atoms with Gasteiger partial charge in [0.05, 0.1) is 107 Å². The van der Waals surface area contributed by atoms with Crippen molar-refractivity contribution in [3.05, 3.63) is 141 Å². The largest absolute Gasteiger partial charge is 0.506 e. The number of pyridine rings is 1. The minimum absolute atomic E-state index is 0.0189. The molecule has 0 atom stereocenters. The molecule has 0 radical (unpaired) electrons. The predicted octanol–water partition coefficient (Wildman–Crippen LogP) is 5.89. The van der Waals surface area contributed by atoms with Crippen molar-refractivity contribution in [1.82, 2.24) is 14.4 Å². The molecular formula is C53H62N8O13S. The molecule has 75 heavy (non-hydrogen) atoms. The van der Waals surface area contributed by atoms with Gasteiger partial charge in [-0.3, -0.25) is 0 Å². The molecule has 22 heteroatoms. The third-order valence-corrected chi connectivity index (χ3v) is 11.8. The molecular weight excluding hydrogens is 989 g/mol. The lowest BCUT2D eigenvalue weighted by Crippen LogP contribution is -2.31. The summed E-state index contributed by atoms with van der Waals surface area (Å²) in [6.45, 7) is 7.09. The summed E-state index contributed by atoms with van der Waals surface area (Å²) in [5.74, 6) is 5.86. The SMILES string of the molecule is CCOC(=O)C1=C(O)/C(=C/c2ccc(OCCOCCN(N)/C=C(\N)COCCOCCOCCOCCOc3ccn4cc(-c5cc6ccc(NCCN)cc6oc5=O)nc4c3)c(O)c2)SC1=Nc1ccccc1. The van der Waals surface area contributed by atoms with Crippen molar-refractivity contribution in [2.45, 2.75) is 6.92 Å². The number of carbonyl (C=O) groups excluding carboxylic acids is 1. The molecule has 1 aliphatic rings. The number of aromatic hydroxyl groups is 1. The Morgan fingerprint density at radius 3 is 2.32 bits per heavy atom. The monoisotopic (exact) mass is 1050 g/mol. The molecule has 4 heterocycles.